The Labute approximate surface area is 233 Å². The predicted octanol–water partition coefficient (Wildman–Crippen LogP) is 2.23. The number of nitrogens with two attached hydrogens (primary N) is 1. The Kier molecular flexibility index (Phi) is 7.72. The summed E-state index contributed by atoms with van der Waals surface area (Å²) in [5, 5.41) is 22.9. The van der Waals surface area contributed by atoms with Crippen LogP contribution in [0.1, 0.15) is 49.0 Å². The SMILES string of the molecule is CCCCOc1ccc(N(C)C)c2c1C(=O)C1=C(O)C3(OC(C)=O)C(=O)C(C(N)=O)=C(O)C(N(C)C)C3CC1C2. The summed E-state index contributed by atoms with van der Waals surface area (Å²) in [4.78, 5) is 56.4. The van der Waals surface area contributed by atoms with Gasteiger partial charge in [-0.3, -0.25) is 24.1 Å². The molecule has 1 amide bonds. The van der Waals surface area contributed by atoms with Crippen LogP contribution in [-0.2, 0) is 25.5 Å². The third kappa shape index (κ3) is 4.32. The van der Waals surface area contributed by atoms with Crippen LogP contribution in [0.4, 0.5) is 5.69 Å². The summed E-state index contributed by atoms with van der Waals surface area (Å²) in [5.74, 6) is -6.37. The minimum Gasteiger partial charge on any atom is -0.510 e. The molecule has 0 saturated carbocycles. The van der Waals surface area contributed by atoms with E-state index in [2.05, 4.69) is 0 Å². The maximum atomic E-state index is 14.3. The van der Waals surface area contributed by atoms with Crippen LogP contribution >= 0.6 is 0 Å². The standard InChI is InChI=1S/C29H37N3O8/c1-7-8-11-39-19-10-9-18(31(3)4)16-12-15-13-17-23(32(5)6)25(35)22(28(30)38)27(37)29(17,40-14(2)33)26(36)20(15)24(34)21(16)19/h9-10,15,17,23,35-36H,7-8,11-13H2,1-6H3,(H2,30,38). The molecule has 1 aromatic carbocycles. The van der Waals surface area contributed by atoms with Crippen LogP contribution < -0.4 is 15.4 Å². The molecule has 4 unspecified atom stereocenters. The number of rotatable bonds is 8. The van der Waals surface area contributed by atoms with E-state index in [1.54, 1.807) is 25.1 Å². The van der Waals surface area contributed by atoms with Crippen LogP contribution in [0.15, 0.2) is 34.8 Å². The Morgan fingerprint density at radius 2 is 1.82 bits per heavy atom. The van der Waals surface area contributed by atoms with Gasteiger partial charge in [-0.1, -0.05) is 13.3 Å². The number of likely N-dealkylation sites (N-methyl/N-ethyl adjacent to an activating group) is 1. The van der Waals surface area contributed by atoms with Gasteiger partial charge in [0.05, 0.1) is 18.2 Å². The number of esters is 1. The Bertz CT molecular complexity index is 1340. The van der Waals surface area contributed by atoms with Gasteiger partial charge in [0.2, 0.25) is 11.4 Å². The third-order valence-corrected chi connectivity index (χ3v) is 8.07. The number of unbranched alkanes of at least 4 members (excludes halogenated alkanes) is 1. The molecule has 40 heavy (non-hydrogen) atoms. The summed E-state index contributed by atoms with van der Waals surface area (Å²) >= 11 is 0. The number of nitrogens with zero attached hydrogens (tertiary/aromatic N) is 2. The van der Waals surface area contributed by atoms with E-state index in [1.165, 1.54) is 0 Å². The van der Waals surface area contributed by atoms with Crippen LogP contribution in [0.5, 0.6) is 5.75 Å². The number of allylic oxidation sites excluding steroid dienone is 1. The fourth-order valence-electron chi connectivity index (χ4n) is 6.46. The number of hydrogen-bond donors (Lipinski definition) is 3. The summed E-state index contributed by atoms with van der Waals surface area (Å²) in [7, 11) is 6.97. The van der Waals surface area contributed by atoms with E-state index in [0.29, 0.717) is 18.8 Å². The van der Waals surface area contributed by atoms with Crippen molar-refractivity contribution < 1.29 is 38.9 Å². The average Bonchev–Trinajstić information content (AvgIpc) is 2.84. The highest BCUT2D eigenvalue weighted by molar-refractivity contribution is 6.25. The van der Waals surface area contributed by atoms with Gasteiger partial charge in [0.25, 0.3) is 5.91 Å². The van der Waals surface area contributed by atoms with Crippen molar-refractivity contribution in [2.45, 2.75) is 51.2 Å². The Morgan fingerprint density at radius 1 is 1.15 bits per heavy atom. The van der Waals surface area contributed by atoms with Gasteiger partial charge in [-0.2, -0.15) is 0 Å². The van der Waals surface area contributed by atoms with E-state index in [-0.39, 0.29) is 17.6 Å². The van der Waals surface area contributed by atoms with Crippen molar-refractivity contribution in [3.8, 4) is 5.75 Å². The summed E-state index contributed by atoms with van der Waals surface area (Å²) in [6.45, 7) is 3.48. The highest BCUT2D eigenvalue weighted by Crippen LogP contribution is 2.54. The van der Waals surface area contributed by atoms with Crippen molar-refractivity contribution >= 4 is 29.1 Å². The zero-order valence-corrected chi connectivity index (χ0v) is 23.7. The zero-order chi connectivity index (χ0) is 29.7. The number of aliphatic hydroxyl groups is 2. The van der Waals surface area contributed by atoms with Crippen molar-refractivity contribution in [1.82, 2.24) is 4.90 Å². The number of ether oxygens (including phenoxy) is 2. The van der Waals surface area contributed by atoms with Crippen LogP contribution in [0.2, 0.25) is 0 Å². The molecule has 3 aliphatic rings. The number of fused-ring (bicyclic) bond motifs is 3. The van der Waals surface area contributed by atoms with Crippen molar-refractivity contribution in [1.29, 1.82) is 0 Å². The number of benzene rings is 1. The van der Waals surface area contributed by atoms with Gasteiger partial charge in [-0.05, 0) is 57.0 Å². The Hall–Kier alpha value is -3.86. The van der Waals surface area contributed by atoms with Crippen LogP contribution in [0.25, 0.3) is 0 Å². The van der Waals surface area contributed by atoms with Gasteiger partial charge in [0.1, 0.15) is 17.1 Å². The molecule has 0 aliphatic heterocycles. The second-order valence-electron chi connectivity index (χ2n) is 11.1. The van der Waals surface area contributed by atoms with E-state index >= 15 is 0 Å². The monoisotopic (exact) mass is 555 g/mol. The lowest BCUT2D eigenvalue weighted by Crippen LogP contribution is -2.65. The lowest BCUT2D eigenvalue weighted by molar-refractivity contribution is -0.177. The molecule has 4 rings (SSSR count). The van der Waals surface area contributed by atoms with E-state index in [0.717, 1.165) is 31.0 Å². The smallest absolute Gasteiger partial charge is 0.304 e. The number of Topliss-reactive ketones (excluding diaryl/α,β-unsaturated/α-hetero) is 2. The van der Waals surface area contributed by atoms with Crippen LogP contribution in [0, 0.1) is 11.8 Å². The minimum absolute atomic E-state index is 0.0719. The van der Waals surface area contributed by atoms with Gasteiger partial charge < -0.3 is 30.3 Å². The van der Waals surface area contributed by atoms with Crippen molar-refractivity contribution in [3.63, 3.8) is 0 Å². The number of anilines is 1. The molecule has 0 aromatic heterocycles. The van der Waals surface area contributed by atoms with Gasteiger partial charge in [-0.15, -0.1) is 0 Å². The van der Waals surface area contributed by atoms with Crippen molar-refractivity contribution in [2.75, 3.05) is 39.7 Å². The lowest BCUT2D eigenvalue weighted by atomic mass is 9.58. The largest absolute Gasteiger partial charge is 0.510 e. The van der Waals surface area contributed by atoms with Gasteiger partial charge in [0, 0.05) is 38.2 Å². The number of aliphatic hydroxyl groups excluding tert-OH is 2. The normalized spacial score (nSPS) is 25.8. The molecule has 1 aromatic rings. The maximum Gasteiger partial charge on any atom is 0.304 e. The van der Waals surface area contributed by atoms with E-state index in [1.807, 2.05) is 32.0 Å². The molecule has 0 fully saturated rings. The number of amides is 1. The lowest BCUT2D eigenvalue weighted by Gasteiger charge is -2.51. The van der Waals surface area contributed by atoms with Gasteiger partial charge >= 0.3 is 5.97 Å². The molecule has 0 spiro atoms. The summed E-state index contributed by atoms with van der Waals surface area (Å²) < 4.78 is 11.6. The number of carbonyl (C=O) groups is 4. The van der Waals surface area contributed by atoms with Crippen LogP contribution in [-0.4, -0.2) is 85.0 Å². The molecule has 0 radical (unpaired) electrons. The fourth-order valence-corrected chi connectivity index (χ4v) is 6.46. The summed E-state index contributed by atoms with van der Waals surface area (Å²) in [5.41, 5.74) is 4.05. The molecule has 0 saturated heterocycles. The molecule has 216 valence electrons. The third-order valence-electron chi connectivity index (χ3n) is 8.07. The van der Waals surface area contributed by atoms with Crippen molar-refractivity contribution in [2.24, 2.45) is 17.6 Å². The Morgan fingerprint density at radius 3 is 2.38 bits per heavy atom. The molecule has 0 heterocycles. The fraction of sp³-hybridized carbons (Fsp3) is 0.517. The molecule has 11 heteroatoms. The number of hydrogen-bond acceptors (Lipinski definition) is 10. The molecule has 11 nitrogen and oxygen atoms in total. The number of primary amides is 1. The first-order valence-electron chi connectivity index (χ1n) is 13.4. The molecule has 4 atom stereocenters. The van der Waals surface area contributed by atoms with Gasteiger partial charge in [-0.25, -0.2) is 0 Å². The Balaban J connectivity index is 2.01. The minimum atomic E-state index is -2.42. The molecule has 3 aliphatic carbocycles. The summed E-state index contributed by atoms with van der Waals surface area (Å²) in [6.07, 6.45) is 2.09. The average molecular weight is 556 g/mol. The molecule has 0 bridgehead atoms. The number of ketones is 2. The molecule has 4 N–H and O–H groups in total. The van der Waals surface area contributed by atoms with E-state index in [4.69, 9.17) is 15.2 Å². The predicted molar refractivity (Wildman–Crippen MR) is 146 cm³/mol. The first kappa shape index (κ1) is 29.1. The number of carbonyl (C=O) groups excluding carboxylic acids is 4. The maximum absolute atomic E-state index is 14.3. The van der Waals surface area contributed by atoms with Crippen molar-refractivity contribution in [3.05, 3.63) is 45.9 Å². The quantitative estimate of drug-likeness (QED) is 0.247. The summed E-state index contributed by atoms with van der Waals surface area (Å²) in [6, 6.07) is 2.58. The zero-order valence-electron chi connectivity index (χ0n) is 23.7. The topological polar surface area (TPSA) is 160 Å². The van der Waals surface area contributed by atoms with E-state index in [9.17, 15) is 29.4 Å². The molecular formula is C29H37N3O8. The first-order valence-corrected chi connectivity index (χ1v) is 13.4. The van der Waals surface area contributed by atoms with E-state index < -0.39 is 64.0 Å². The van der Waals surface area contributed by atoms with Gasteiger partial charge in [0.15, 0.2) is 11.5 Å². The first-order chi connectivity index (χ1) is 18.8. The highest BCUT2D eigenvalue weighted by atomic mass is 16.6. The highest BCUT2D eigenvalue weighted by Gasteiger charge is 2.66. The van der Waals surface area contributed by atoms with Crippen LogP contribution in [0.3, 0.4) is 0 Å². The molecular weight excluding hydrogens is 518 g/mol. The second kappa shape index (κ2) is 10.6. The second-order valence-corrected chi connectivity index (χ2v) is 11.1.